The summed E-state index contributed by atoms with van der Waals surface area (Å²) in [7, 11) is 0. The quantitative estimate of drug-likeness (QED) is 0.911. The molecule has 0 radical (unpaired) electrons. The first-order chi connectivity index (χ1) is 10.4. The first-order valence-electron chi connectivity index (χ1n) is 7.17. The Kier molecular flexibility index (Phi) is 4.94. The molecule has 0 aliphatic carbocycles. The van der Waals surface area contributed by atoms with E-state index in [2.05, 4.69) is 10.6 Å². The largest absolute Gasteiger partial charge is 0.343 e. The summed E-state index contributed by atoms with van der Waals surface area (Å²) >= 11 is 0. The second-order valence-corrected chi connectivity index (χ2v) is 5.48. The van der Waals surface area contributed by atoms with Crippen LogP contribution in [-0.4, -0.2) is 18.4 Å². The van der Waals surface area contributed by atoms with E-state index in [0.717, 1.165) is 22.4 Å². The average molecular weight is 296 g/mol. The molecule has 0 aliphatic rings. The van der Waals surface area contributed by atoms with E-state index in [1.54, 1.807) is 12.1 Å². The maximum absolute atomic E-state index is 12.1. The fourth-order valence-corrected chi connectivity index (χ4v) is 2.30. The Balaban J connectivity index is 1.92. The summed E-state index contributed by atoms with van der Waals surface area (Å²) in [6.45, 7) is 5.78. The fourth-order valence-electron chi connectivity index (χ4n) is 2.30. The molecular formula is C18H20N2O2. The lowest BCUT2D eigenvalue weighted by Crippen LogP contribution is -2.32. The van der Waals surface area contributed by atoms with Crippen LogP contribution in [0.1, 0.15) is 27.0 Å². The topological polar surface area (TPSA) is 58.2 Å². The van der Waals surface area contributed by atoms with E-state index in [0.29, 0.717) is 5.56 Å². The molecule has 0 fully saturated rings. The van der Waals surface area contributed by atoms with Gasteiger partial charge in [-0.2, -0.15) is 0 Å². The van der Waals surface area contributed by atoms with Gasteiger partial charge in [0.15, 0.2) is 0 Å². The van der Waals surface area contributed by atoms with Crippen LogP contribution in [0, 0.1) is 20.8 Å². The van der Waals surface area contributed by atoms with Gasteiger partial charge in [-0.05, 0) is 50.6 Å². The van der Waals surface area contributed by atoms with Crippen molar-refractivity contribution in [3.8, 4) is 0 Å². The summed E-state index contributed by atoms with van der Waals surface area (Å²) in [6.07, 6.45) is 0. The van der Waals surface area contributed by atoms with Crippen LogP contribution in [0.25, 0.3) is 0 Å². The third-order valence-electron chi connectivity index (χ3n) is 3.20. The average Bonchev–Trinajstić information content (AvgIpc) is 2.43. The molecule has 0 aliphatic heterocycles. The predicted molar refractivity (Wildman–Crippen MR) is 88.1 cm³/mol. The van der Waals surface area contributed by atoms with Crippen LogP contribution in [0.2, 0.25) is 0 Å². The van der Waals surface area contributed by atoms with E-state index in [9.17, 15) is 9.59 Å². The summed E-state index contributed by atoms with van der Waals surface area (Å²) in [5, 5.41) is 5.40. The SMILES string of the molecule is Cc1cccc(NC(=O)CNC(=O)c2cc(C)cc(C)c2)c1. The van der Waals surface area contributed by atoms with Crippen molar-refractivity contribution < 1.29 is 9.59 Å². The highest BCUT2D eigenvalue weighted by atomic mass is 16.2. The summed E-state index contributed by atoms with van der Waals surface area (Å²) in [5.41, 5.74) is 4.41. The summed E-state index contributed by atoms with van der Waals surface area (Å²) < 4.78 is 0. The smallest absolute Gasteiger partial charge is 0.251 e. The number of carbonyl (C=O) groups is 2. The highest BCUT2D eigenvalue weighted by Crippen LogP contribution is 2.10. The molecule has 22 heavy (non-hydrogen) atoms. The van der Waals surface area contributed by atoms with Gasteiger partial charge in [-0.3, -0.25) is 9.59 Å². The van der Waals surface area contributed by atoms with E-state index in [1.807, 2.05) is 51.1 Å². The molecule has 4 heteroatoms. The van der Waals surface area contributed by atoms with E-state index in [1.165, 1.54) is 0 Å². The molecule has 2 aromatic carbocycles. The van der Waals surface area contributed by atoms with Gasteiger partial charge < -0.3 is 10.6 Å². The molecular weight excluding hydrogens is 276 g/mol. The molecule has 2 aromatic rings. The number of aryl methyl sites for hydroxylation is 3. The second-order valence-electron chi connectivity index (χ2n) is 5.48. The second kappa shape index (κ2) is 6.89. The van der Waals surface area contributed by atoms with Gasteiger partial charge in [0.1, 0.15) is 0 Å². The molecule has 0 saturated heterocycles. The van der Waals surface area contributed by atoms with Crippen molar-refractivity contribution in [2.75, 3.05) is 11.9 Å². The zero-order valence-electron chi connectivity index (χ0n) is 13.1. The first-order valence-corrected chi connectivity index (χ1v) is 7.17. The van der Waals surface area contributed by atoms with Crippen molar-refractivity contribution in [1.82, 2.24) is 5.32 Å². The minimum atomic E-state index is -0.247. The van der Waals surface area contributed by atoms with Gasteiger partial charge in [-0.1, -0.05) is 29.3 Å². The molecule has 0 heterocycles. The van der Waals surface area contributed by atoms with Crippen molar-refractivity contribution in [2.24, 2.45) is 0 Å². The van der Waals surface area contributed by atoms with E-state index in [-0.39, 0.29) is 18.4 Å². The van der Waals surface area contributed by atoms with Gasteiger partial charge in [0, 0.05) is 11.3 Å². The lowest BCUT2D eigenvalue weighted by atomic mass is 10.1. The van der Waals surface area contributed by atoms with Gasteiger partial charge in [0.25, 0.3) is 5.91 Å². The highest BCUT2D eigenvalue weighted by molar-refractivity contribution is 5.99. The molecule has 0 bridgehead atoms. The number of nitrogens with one attached hydrogen (secondary N) is 2. The number of rotatable bonds is 4. The Morgan fingerprint density at radius 3 is 2.23 bits per heavy atom. The Morgan fingerprint density at radius 2 is 1.59 bits per heavy atom. The van der Waals surface area contributed by atoms with Crippen LogP contribution < -0.4 is 10.6 Å². The van der Waals surface area contributed by atoms with Crippen LogP contribution >= 0.6 is 0 Å². The molecule has 0 spiro atoms. The van der Waals surface area contributed by atoms with Gasteiger partial charge in [-0.15, -0.1) is 0 Å². The Labute approximate surface area is 130 Å². The van der Waals surface area contributed by atoms with E-state index in [4.69, 9.17) is 0 Å². The maximum atomic E-state index is 12.1. The molecule has 2 N–H and O–H groups in total. The van der Waals surface area contributed by atoms with Crippen molar-refractivity contribution in [1.29, 1.82) is 0 Å². The Morgan fingerprint density at radius 1 is 0.909 bits per heavy atom. The van der Waals surface area contributed by atoms with Crippen molar-refractivity contribution in [3.63, 3.8) is 0 Å². The number of amides is 2. The van der Waals surface area contributed by atoms with Crippen LogP contribution in [0.15, 0.2) is 42.5 Å². The minimum absolute atomic E-state index is 0.0558. The normalized spacial score (nSPS) is 10.1. The third kappa shape index (κ3) is 4.45. The van der Waals surface area contributed by atoms with Crippen LogP contribution in [0.3, 0.4) is 0 Å². The number of anilines is 1. The van der Waals surface area contributed by atoms with E-state index < -0.39 is 0 Å². The molecule has 0 atom stereocenters. The van der Waals surface area contributed by atoms with Crippen LogP contribution in [0.5, 0.6) is 0 Å². The summed E-state index contributed by atoms with van der Waals surface area (Å²) in [6, 6.07) is 13.1. The lowest BCUT2D eigenvalue weighted by molar-refractivity contribution is -0.115. The zero-order valence-corrected chi connectivity index (χ0v) is 13.1. The minimum Gasteiger partial charge on any atom is -0.343 e. The number of carbonyl (C=O) groups excluding carboxylic acids is 2. The van der Waals surface area contributed by atoms with Gasteiger partial charge in [0.2, 0.25) is 5.91 Å². The van der Waals surface area contributed by atoms with Crippen molar-refractivity contribution in [2.45, 2.75) is 20.8 Å². The maximum Gasteiger partial charge on any atom is 0.251 e. The number of hydrogen-bond acceptors (Lipinski definition) is 2. The molecule has 2 amide bonds. The van der Waals surface area contributed by atoms with Crippen LogP contribution in [-0.2, 0) is 4.79 Å². The number of benzene rings is 2. The third-order valence-corrected chi connectivity index (χ3v) is 3.20. The summed E-state index contributed by atoms with van der Waals surface area (Å²) in [4.78, 5) is 23.9. The Hall–Kier alpha value is -2.62. The van der Waals surface area contributed by atoms with Gasteiger partial charge >= 0.3 is 0 Å². The first kappa shape index (κ1) is 15.8. The monoisotopic (exact) mass is 296 g/mol. The highest BCUT2D eigenvalue weighted by Gasteiger charge is 2.09. The zero-order chi connectivity index (χ0) is 16.1. The molecule has 2 rings (SSSR count). The standard InChI is InChI=1S/C18H20N2O2/c1-12-5-4-6-16(10-12)20-17(21)11-19-18(22)15-8-13(2)7-14(3)9-15/h4-10H,11H2,1-3H3,(H,19,22)(H,20,21). The molecule has 4 nitrogen and oxygen atoms in total. The summed E-state index contributed by atoms with van der Waals surface area (Å²) in [5.74, 6) is -0.491. The predicted octanol–water partition coefficient (Wildman–Crippen LogP) is 2.98. The van der Waals surface area contributed by atoms with E-state index >= 15 is 0 Å². The van der Waals surface area contributed by atoms with Crippen molar-refractivity contribution >= 4 is 17.5 Å². The molecule has 114 valence electrons. The lowest BCUT2D eigenvalue weighted by Gasteiger charge is -2.08. The van der Waals surface area contributed by atoms with Gasteiger partial charge in [0.05, 0.1) is 6.54 Å². The van der Waals surface area contributed by atoms with Crippen LogP contribution in [0.4, 0.5) is 5.69 Å². The number of hydrogen-bond donors (Lipinski definition) is 2. The molecule has 0 aromatic heterocycles. The molecule has 0 saturated carbocycles. The Bertz CT molecular complexity index is 688. The molecule has 0 unspecified atom stereocenters. The van der Waals surface area contributed by atoms with Gasteiger partial charge in [-0.25, -0.2) is 0 Å². The van der Waals surface area contributed by atoms with Crippen molar-refractivity contribution in [3.05, 3.63) is 64.7 Å². The fraction of sp³-hybridized carbons (Fsp3) is 0.222.